The van der Waals surface area contributed by atoms with Crippen LogP contribution in [0, 0.1) is 0 Å². The van der Waals surface area contributed by atoms with Gasteiger partial charge >= 0.3 is 0 Å². The molecule has 3 amide bonds. The van der Waals surface area contributed by atoms with E-state index in [0.717, 1.165) is 12.0 Å². The normalized spacial score (nSPS) is 10.5. The summed E-state index contributed by atoms with van der Waals surface area (Å²) in [6, 6.07) is 12.7. The van der Waals surface area contributed by atoms with Crippen LogP contribution in [-0.2, 0) is 20.8 Å². The van der Waals surface area contributed by atoms with Gasteiger partial charge in [-0.2, -0.15) is 0 Å². The van der Waals surface area contributed by atoms with Crippen LogP contribution in [0.15, 0.2) is 48.7 Å². The maximum atomic E-state index is 12.9. The summed E-state index contributed by atoms with van der Waals surface area (Å²) in [5.41, 5.74) is 1.67. The molecule has 1 aromatic heterocycles. The van der Waals surface area contributed by atoms with Crippen molar-refractivity contribution in [3.8, 4) is 0 Å². The lowest BCUT2D eigenvalue weighted by atomic mass is 10.1. The zero-order valence-electron chi connectivity index (χ0n) is 17.1. The summed E-state index contributed by atoms with van der Waals surface area (Å²) >= 11 is 0. The van der Waals surface area contributed by atoms with Gasteiger partial charge in [0.1, 0.15) is 12.4 Å². The van der Waals surface area contributed by atoms with Crippen molar-refractivity contribution in [3.05, 3.63) is 54.2 Å². The fourth-order valence-electron chi connectivity index (χ4n) is 2.89. The van der Waals surface area contributed by atoms with Crippen LogP contribution in [-0.4, -0.2) is 35.3 Å². The molecule has 0 saturated heterocycles. The van der Waals surface area contributed by atoms with E-state index in [-0.39, 0.29) is 43.1 Å². The number of nitrogens with one attached hydrogen (secondary N) is 2. The molecule has 1 heterocycles. The number of nitrogens with zero attached hydrogens (tertiary/aromatic N) is 2. The molecule has 154 valence electrons. The number of amides is 3. The predicted octanol–water partition coefficient (Wildman–Crippen LogP) is 2.92. The van der Waals surface area contributed by atoms with Crippen molar-refractivity contribution in [1.29, 1.82) is 0 Å². The van der Waals surface area contributed by atoms with E-state index >= 15 is 0 Å². The summed E-state index contributed by atoms with van der Waals surface area (Å²) in [6.45, 7) is 5.64. The molecule has 1 aromatic carbocycles. The molecule has 0 fully saturated rings. The van der Waals surface area contributed by atoms with Gasteiger partial charge in [0, 0.05) is 30.8 Å². The Morgan fingerprint density at radius 3 is 2.38 bits per heavy atom. The molecule has 0 radical (unpaired) electrons. The molecule has 0 aliphatic carbocycles. The van der Waals surface area contributed by atoms with Gasteiger partial charge in [-0.25, -0.2) is 4.98 Å². The highest BCUT2D eigenvalue weighted by Gasteiger charge is 2.22. The zero-order chi connectivity index (χ0) is 21.2. The Bertz CT molecular complexity index is 837. The van der Waals surface area contributed by atoms with Crippen LogP contribution in [0.1, 0.15) is 39.2 Å². The van der Waals surface area contributed by atoms with Gasteiger partial charge in [-0.05, 0) is 44.0 Å². The third-order valence-electron chi connectivity index (χ3n) is 4.21. The number of hydrogen-bond donors (Lipinski definition) is 2. The third kappa shape index (κ3) is 7.03. The van der Waals surface area contributed by atoms with Crippen molar-refractivity contribution >= 4 is 29.2 Å². The number of rotatable bonds is 9. The minimum atomic E-state index is -0.299. The summed E-state index contributed by atoms with van der Waals surface area (Å²) in [6.07, 6.45) is 2.31. The lowest BCUT2D eigenvalue weighted by Crippen LogP contribution is -2.43. The molecule has 29 heavy (non-hydrogen) atoms. The van der Waals surface area contributed by atoms with Crippen molar-refractivity contribution in [2.45, 2.75) is 46.1 Å². The molecule has 0 bridgehead atoms. The average Bonchev–Trinajstić information content (AvgIpc) is 2.70. The van der Waals surface area contributed by atoms with Gasteiger partial charge in [-0.15, -0.1) is 0 Å². The number of aryl methyl sites for hydroxylation is 1. The molecule has 7 nitrogen and oxygen atoms in total. The van der Waals surface area contributed by atoms with Gasteiger partial charge in [0.05, 0.1) is 0 Å². The first kappa shape index (κ1) is 22.1. The van der Waals surface area contributed by atoms with E-state index < -0.39 is 0 Å². The fraction of sp³-hybridized carbons (Fsp3) is 0.364. The zero-order valence-corrected chi connectivity index (χ0v) is 17.1. The lowest BCUT2D eigenvalue weighted by Gasteiger charge is -2.25. The number of carbonyl (C=O) groups is 3. The molecule has 2 aromatic rings. The molecule has 2 rings (SSSR count). The van der Waals surface area contributed by atoms with Crippen LogP contribution in [0.2, 0.25) is 0 Å². The predicted molar refractivity (Wildman–Crippen MR) is 114 cm³/mol. The van der Waals surface area contributed by atoms with E-state index in [1.54, 1.807) is 24.4 Å². The second-order valence-corrected chi connectivity index (χ2v) is 6.95. The van der Waals surface area contributed by atoms with Crippen LogP contribution in [0.25, 0.3) is 0 Å². The van der Waals surface area contributed by atoms with Crippen molar-refractivity contribution in [2.24, 2.45) is 0 Å². The number of pyridine rings is 1. The molecule has 0 aliphatic rings. The van der Waals surface area contributed by atoms with Crippen LogP contribution in [0.4, 0.5) is 11.5 Å². The molecular weight excluding hydrogens is 368 g/mol. The minimum absolute atomic E-state index is 0.00595. The standard InChI is InChI=1S/C22H28N4O3/c1-4-17-9-5-6-10-18(17)26(15-21(28)24-16(2)3)22(29)13-12-20(27)25-19-11-7-8-14-23-19/h5-11,14,16H,4,12-13,15H2,1-3H3,(H,24,28)(H,23,25,27). The maximum absolute atomic E-state index is 12.9. The van der Waals surface area contributed by atoms with Crippen molar-refractivity contribution in [2.75, 3.05) is 16.8 Å². The molecule has 0 atom stereocenters. The number of carbonyl (C=O) groups excluding carboxylic acids is 3. The van der Waals surface area contributed by atoms with E-state index in [9.17, 15) is 14.4 Å². The van der Waals surface area contributed by atoms with E-state index in [1.807, 2.05) is 45.0 Å². The molecule has 0 aliphatic heterocycles. The summed E-state index contributed by atoms with van der Waals surface area (Å²) in [5, 5.41) is 5.48. The first-order valence-electron chi connectivity index (χ1n) is 9.79. The molecule has 0 spiro atoms. The quantitative estimate of drug-likeness (QED) is 0.682. The SMILES string of the molecule is CCc1ccccc1N(CC(=O)NC(C)C)C(=O)CCC(=O)Nc1ccccn1. The highest BCUT2D eigenvalue weighted by atomic mass is 16.2. The third-order valence-corrected chi connectivity index (χ3v) is 4.21. The Balaban J connectivity index is 2.09. The largest absolute Gasteiger partial charge is 0.352 e. The van der Waals surface area contributed by atoms with Gasteiger partial charge in [-0.1, -0.05) is 31.2 Å². The van der Waals surface area contributed by atoms with Gasteiger partial charge in [0.15, 0.2) is 0 Å². The van der Waals surface area contributed by atoms with Crippen molar-refractivity contribution in [3.63, 3.8) is 0 Å². The van der Waals surface area contributed by atoms with Crippen LogP contribution >= 0.6 is 0 Å². The number of para-hydroxylation sites is 1. The second kappa shape index (κ2) is 10.9. The number of anilines is 2. The lowest BCUT2D eigenvalue weighted by molar-refractivity contribution is -0.125. The Labute approximate surface area is 171 Å². The Morgan fingerprint density at radius 1 is 1.00 bits per heavy atom. The van der Waals surface area contributed by atoms with Crippen LogP contribution in [0.5, 0.6) is 0 Å². The van der Waals surface area contributed by atoms with Gasteiger partial charge in [-0.3, -0.25) is 14.4 Å². The fourth-order valence-corrected chi connectivity index (χ4v) is 2.89. The molecular formula is C22H28N4O3. The first-order chi connectivity index (χ1) is 13.9. The summed E-state index contributed by atoms with van der Waals surface area (Å²) < 4.78 is 0. The highest BCUT2D eigenvalue weighted by Crippen LogP contribution is 2.22. The van der Waals surface area contributed by atoms with Crippen LogP contribution < -0.4 is 15.5 Å². The highest BCUT2D eigenvalue weighted by molar-refractivity contribution is 6.01. The smallest absolute Gasteiger partial charge is 0.240 e. The van der Waals surface area contributed by atoms with Crippen LogP contribution in [0.3, 0.4) is 0 Å². The second-order valence-electron chi connectivity index (χ2n) is 6.95. The van der Waals surface area contributed by atoms with Gasteiger partial charge in [0.2, 0.25) is 17.7 Å². The Morgan fingerprint density at radius 2 is 1.72 bits per heavy atom. The summed E-state index contributed by atoms with van der Waals surface area (Å²) in [4.78, 5) is 42.9. The van der Waals surface area contributed by atoms with Crippen molar-refractivity contribution in [1.82, 2.24) is 10.3 Å². The molecule has 0 saturated carbocycles. The topological polar surface area (TPSA) is 91.4 Å². The molecule has 7 heteroatoms. The first-order valence-corrected chi connectivity index (χ1v) is 9.79. The van der Waals surface area contributed by atoms with Gasteiger partial charge < -0.3 is 15.5 Å². The minimum Gasteiger partial charge on any atom is -0.352 e. The van der Waals surface area contributed by atoms with E-state index in [1.165, 1.54) is 4.90 Å². The van der Waals surface area contributed by atoms with E-state index in [0.29, 0.717) is 11.5 Å². The Kier molecular flexibility index (Phi) is 8.33. The number of benzene rings is 1. The molecule has 2 N–H and O–H groups in total. The number of aromatic nitrogens is 1. The van der Waals surface area contributed by atoms with Crippen molar-refractivity contribution < 1.29 is 14.4 Å². The maximum Gasteiger partial charge on any atom is 0.240 e. The number of hydrogen-bond acceptors (Lipinski definition) is 4. The average molecular weight is 396 g/mol. The van der Waals surface area contributed by atoms with Gasteiger partial charge in [0.25, 0.3) is 0 Å². The summed E-state index contributed by atoms with van der Waals surface area (Å²) in [5.74, 6) is -0.375. The Hall–Kier alpha value is -3.22. The monoisotopic (exact) mass is 396 g/mol. The van der Waals surface area contributed by atoms with E-state index in [4.69, 9.17) is 0 Å². The molecule has 0 unspecified atom stereocenters. The van der Waals surface area contributed by atoms with E-state index in [2.05, 4.69) is 15.6 Å². The summed E-state index contributed by atoms with van der Waals surface area (Å²) in [7, 11) is 0.